The van der Waals surface area contributed by atoms with Gasteiger partial charge < -0.3 is 15.6 Å². The molecule has 1 atom stereocenters. The molecule has 0 saturated carbocycles. The van der Waals surface area contributed by atoms with Crippen LogP contribution in [0.4, 0.5) is 0 Å². The fourth-order valence-electron chi connectivity index (χ4n) is 1.27. The van der Waals surface area contributed by atoms with Gasteiger partial charge in [0.2, 0.25) is 0 Å². The van der Waals surface area contributed by atoms with Gasteiger partial charge in [0, 0.05) is 6.61 Å². The fraction of sp³-hybridized carbons (Fsp3) is 1.00. The second-order valence-corrected chi connectivity index (χ2v) is 3.79. The summed E-state index contributed by atoms with van der Waals surface area (Å²) in [4.78, 5) is 0. The van der Waals surface area contributed by atoms with Crippen molar-refractivity contribution in [3.8, 4) is 0 Å². The van der Waals surface area contributed by atoms with Gasteiger partial charge >= 0.3 is 0 Å². The van der Waals surface area contributed by atoms with E-state index in [1.165, 1.54) is 32.1 Å². The zero-order valence-corrected chi connectivity index (χ0v) is 9.37. The second kappa shape index (κ2) is 11.0. The first-order valence-electron chi connectivity index (χ1n) is 5.75. The molecule has 3 nitrogen and oxygen atoms in total. The molecule has 0 aromatic heterocycles. The molecule has 0 bridgehead atoms. The summed E-state index contributed by atoms with van der Waals surface area (Å²) in [7, 11) is 0. The Bertz CT molecular complexity index is 109. The van der Waals surface area contributed by atoms with Gasteiger partial charge in [-0.15, -0.1) is 0 Å². The molecule has 3 N–H and O–H groups in total. The smallest absolute Gasteiger partial charge is 0.0639 e. The van der Waals surface area contributed by atoms with Crippen LogP contribution >= 0.6 is 0 Å². The minimum atomic E-state index is -0.213. The normalized spacial score (nSPS) is 13.1. The van der Waals surface area contributed by atoms with Crippen LogP contribution < -0.4 is 5.73 Å². The Morgan fingerprint density at radius 3 is 2.43 bits per heavy atom. The third kappa shape index (κ3) is 9.96. The molecule has 86 valence electrons. The molecule has 0 aliphatic rings. The van der Waals surface area contributed by atoms with Crippen LogP contribution in [-0.2, 0) is 4.74 Å². The van der Waals surface area contributed by atoms with E-state index in [1.807, 2.05) is 0 Å². The van der Waals surface area contributed by atoms with Gasteiger partial charge in [-0.05, 0) is 6.42 Å². The molecule has 3 heteroatoms. The number of aliphatic hydroxyl groups is 1. The number of ether oxygens (including phenoxy) is 1. The summed E-state index contributed by atoms with van der Waals surface area (Å²) >= 11 is 0. The molecule has 0 fully saturated rings. The van der Waals surface area contributed by atoms with Gasteiger partial charge in [0.15, 0.2) is 0 Å². The lowest BCUT2D eigenvalue weighted by atomic mass is 10.1. The van der Waals surface area contributed by atoms with Gasteiger partial charge in [-0.25, -0.2) is 0 Å². The van der Waals surface area contributed by atoms with E-state index >= 15 is 0 Å². The third-order valence-electron chi connectivity index (χ3n) is 2.21. The molecule has 0 radical (unpaired) electrons. The summed E-state index contributed by atoms with van der Waals surface area (Å²) in [6.45, 7) is 3.49. The van der Waals surface area contributed by atoms with Gasteiger partial charge in [-0.3, -0.25) is 0 Å². The van der Waals surface area contributed by atoms with Crippen molar-refractivity contribution in [1.82, 2.24) is 0 Å². The summed E-state index contributed by atoms with van der Waals surface area (Å²) in [6, 6.07) is -0.213. The van der Waals surface area contributed by atoms with E-state index in [0.29, 0.717) is 6.61 Å². The van der Waals surface area contributed by atoms with Gasteiger partial charge in [-0.1, -0.05) is 39.0 Å². The molecule has 0 aliphatic carbocycles. The fourth-order valence-corrected chi connectivity index (χ4v) is 1.27. The standard InChI is InChI=1S/C11H25NO2/c1-2-3-4-5-6-7-8-14-10-11(12)9-13/h11,13H,2-10,12H2,1H3. The van der Waals surface area contributed by atoms with Crippen LogP contribution in [0, 0.1) is 0 Å². The maximum absolute atomic E-state index is 8.63. The summed E-state index contributed by atoms with van der Waals surface area (Å²) in [5, 5.41) is 8.63. The molecule has 0 rings (SSSR count). The first-order chi connectivity index (χ1) is 6.81. The van der Waals surface area contributed by atoms with Crippen LogP contribution in [0.15, 0.2) is 0 Å². The first kappa shape index (κ1) is 13.9. The maximum atomic E-state index is 8.63. The molecule has 0 aromatic rings. The minimum absolute atomic E-state index is 0.0104. The van der Waals surface area contributed by atoms with Crippen LogP contribution in [0.3, 0.4) is 0 Å². The summed E-state index contributed by atoms with van der Waals surface area (Å²) in [5.74, 6) is 0. The van der Waals surface area contributed by atoms with Crippen LogP contribution in [0.2, 0.25) is 0 Å². The van der Waals surface area contributed by atoms with Crippen LogP contribution in [0.25, 0.3) is 0 Å². The average molecular weight is 203 g/mol. The zero-order chi connectivity index (χ0) is 10.6. The van der Waals surface area contributed by atoms with E-state index in [-0.39, 0.29) is 12.6 Å². The van der Waals surface area contributed by atoms with Crippen LogP contribution in [0.5, 0.6) is 0 Å². The van der Waals surface area contributed by atoms with Crippen molar-refractivity contribution in [2.75, 3.05) is 19.8 Å². The Kier molecular flexibility index (Phi) is 10.9. The predicted octanol–water partition coefficient (Wildman–Crippen LogP) is 1.68. The maximum Gasteiger partial charge on any atom is 0.0639 e. The molecule has 0 saturated heterocycles. The summed E-state index contributed by atoms with van der Waals surface area (Å²) < 4.78 is 5.31. The molecule has 1 unspecified atom stereocenters. The Morgan fingerprint density at radius 1 is 1.14 bits per heavy atom. The van der Waals surface area contributed by atoms with Gasteiger partial charge in [0.05, 0.1) is 19.3 Å². The van der Waals surface area contributed by atoms with E-state index in [9.17, 15) is 0 Å². The number of rotatable bonds is 10. The van der Waals surface area contributed by atoms with E-state index in [0.717, 1.165) is 13.0 Å². The number of aliphatic hydroxyl groups excluding tert-OH is 1. The Balaban J connectivity index is 2.92. The second-order valence-electron chi connectivity index (χ2n) is 3.79. The monoisotopic (exact) mass is 203 g/mol. The highest BCUT2D eigenvalue weighted by Gasteiger charge is 1.98. The van der Waals surface area contributed by atoms with Crippen molar-refractivity contribution in [1.29, 1.82) is 0 Å². The molecule has 0 heterocycles. The van der Waals surface area contributed by atoms with Crippen molar-refractivity contribution in [3.05, 3.63) is 0 Å². The first-order valence-corrected chi connectivity index (χ1v) is 5.75. The molecule has 14 heavy (non-hydrogen) atoms. The summed E-state index contributed by atoms with van der Waals surface area (Å²) in [6.07, 6.45) is 7.64. The molecule has 0 aliphatic heterocycles. The SMILES string of the molecule is CCCCCCCCOCC(N)CO. The lowest BCUT2D eigenvalue weighted by molar-refractivity contribution is 0.0980. The highest BCUT2D eigenvalue weighted by molar-refractivity contribution is 4.55. The number of nitrogens with two attached hydrogens (primary N) is 1. The lowest BCUT2D eigenvalue weighted by Crippen LogP contribution is -2.30. The van der Waals surface area contributed by atoms with Gasteiger partial charge in [0.1, 0.15) is 0 Å². The van der Waals surface area contributed by atoms with Crippen molar-refractivity contribution in [2.45, 2.75) is 51.5 Å². The Morgan fingerprint density at radius 2 is 1.79 bits per heavy atom. The van der Waals surface area contributed by atoms with Gasteiger partial charge in [-0.2, -0.15) is 0 Å². The Labute approximate surface area is 87.6 Å². The minimum Gasteiger partial charge on any atom is -0.395 e. The molecule has 0 aromatic carbocycles. The molecular formula is C11H25NO2. The predicted molar refractivity (Wildman–Crippen MR) is 59.3 cm³/mol. The van der Waals surface area contributed by atoms with E-state index < -0.39 is 0 Å². The van der Waals surface area contributed by atoms with Crippen LogP contribution in [0.1, 0.15) is 45.4 Å². The number of unbranched alkanes of at least 4 members (excludes halogenated alkanes) is 5. The largest absolute Gasteiger partial charge is 0.395 e. The Hall–Kier alpha value is -0.120. The van der Waals surface area contributed by atoms with E-state index in [2.05, 4.69) is 6.92 Å². The molecule has 0 spiro atoms. The highest BCUT2D eigenvalue weighted by Crippen LogP contribution is 2.04. The lowest BCUT2D eigenvalue weighted by Gasteiger charge is -2.08. The van der Waals surface area contributed by atoms with Crippen molar-refractivity contribution < 1.29 is 9.84 Å². The van der Waals surface area contributed by atoms with Crippen molar-refractivity contribution >= 4 is 0 Å². The quantitative estimate of drug-likeness (QED) is 0.531. The molecular weight excluding hydrogens is 178 g/mol. The zero-order valence-electron chi connectivity index (χ0n) is 9.37. The average Bonchev–Trinajstić information content (AvgIpc) is 2.21. The topological polar surface area (TPSA) is 55.5 Å². The van der Waals surface area contributed by atoms with Crippen molar-refractivity contribution in [3.63, 3.8) is 0 Å². The number of hydrogen-bond donors (Lipinski definition) is 2. The van der Waals surface area contributed by atoms with Gasteiger partial charge in [0.25, 0.3) is 0 Å². The third-order valence-corrected chi connectivity index (χ3v) is 2.21. The summed E-state index contributed by atoms with van der Waals surface area (Å²) in [5.41, 5.74) is 5.48. The molecule has 0 amide bonds. The van der Waals surface area contributed by atoms with E-state index in [1.54, 1.807) is 0 Å². The highest BCUT2D eigenvalue weighted by atomic mass is 16.5. The van der Waals surface area contributed by atoms with Crippen molar-refractivity contribution in [2.24, 2.45) is 5.73 Å². The number of hydrogen-bond acceptors (Lipinski definition) is 3. The van der Waals surface area contributed by atoms with Crippen LogP contribution in [-0.4, -0.2) is 31.0 Å². The van der Waals surface area contributed by atoms with E-state index in [4.69, 9.17) is 15.6 Å².